The monoisotopic (exact) mass is 200 g/mol. The van der Waals surface area contributed by atoms with Crippen molar-refractivity contribution in [2.75, 3.05) is 0 Å². The first kappa shape index (κ1) is 11.8. The van der Waals surface area contributed by atoms with Crippen molar-refractivity contribution in [3.8, 4) is 0 Å². The Labute approximate surface area is 93.3 Å². The minimum absolute atomic E-state index is 0.587. The van der Waals surface area contributed by atoms with E-state index in [1.807, 2.05) is 6.92 Å². The Bertz CT molecular complexity index is 344. The molecule has 0 aliphatic heterocycles. The standard InChI is InChI=1S/C15H20/c1-5-13(4)15(11-12(2)3)14-9-7-6-8-10-14/h6-11,13H,2,5H2,1,3-4H3/b15-11+. The molecule has 0 spiro atoms. The largest absolute Gasteiger partial charge is 0.0961 e. The molecule has 1 unspecified atom stereocenters. The summed E-state index contributed by atoms with van der Waals surface area (Å²) in [6, 6.07) is 10.6. The fraction of sp³-hybridized carbons (Fsp3) is 0.333. The van der Waals surface area contributed by atoms with Gasteiger partial charge in [0.1, 0.15) is 0 Å². The Morgan fingerprint density at radius 3 is 2.40 bits per heavy atom. The molecule has 1 rings (SSSR count). The Hall–Kier alpha value is -1.30. The Kier molecular flexibility index (Phi) is 4.36. The summed E-state index contributed by atoms with van der Waals surface area (Å²) in [5, 5.41) is 0. The molecule has 80 valence electrons. The van der Waals surface area contributed by atoms with Gasteiger partial charge < -0.3 is 0 Å². The summed E-state index contributed by atoms with van der Waals surface area (Å²) in [5.74, 6) is 0.587. The summed E-state index contributed by atoms with van der Waals surface area (Å²) in [4.78, 5) is 0. The van der Waals surface area contributed by atoms with Crippen molar-refractivity contribution in [2.24, 2.45) is 5.92 Å². The number of hydrogen-bond donors (Lipinski definition) is 0. The van der Waals surface area contributed by atoms with Gasteiger partial charge in [0.15, 0.2) is 0 Å². The third kappa shape index (κ3) is 3.39. The maximum absolute atomic E-state index is 3.96. The first-order chi connectivity index (χ1) is 7.15. The number of benzene rings is 1. The Balaban J connectivity index is 3.07. The molecule has 0 heterocycles. The smallest absolute Gasteiger partial charge is 0.0187 e. The van der Waals surface area contributed by atoms with E-state index in [-0.39, 0.29) is 0 Å². The molecule has 15 heavy (non-hydrogen) atoms. The number of rotatable bonds is 4. The maximum Gasteiger partial charge on any atom is -0.0187 e. The van der Waals surface area contributed by atoms with Gasteiger partial charge in [-0.1, -0.05) is 62.4 Å². The van der Waals surface area contributed by atoms with Crippen molar-refractivity contribution >= 4 is 5.57 Å². The zero-order valence-electron chi connectivity index (χ0n) is 9.96. The number of hydrogen-bond acceptors (Lipinski definition) is 0. The van der Waals surface area contributed by atoms with Gasteiger partial charge in [-0.05, 0) is 30.4 Å². The topological polar surface area (TPSA) is 0 Å². The lowest BCUT2D eigenvalue weighted by Gasteiger charge is -2.14. The van der Waals surface area contributed by atoms with Crippen LogP contribution in [0.4, 0.5) is 0 Å². The van der Waals surface area contributed by atoms with Gasteiger partial charge in [-0.3, -0.25) is 0 Å². The quantitative estimate of drug-likeness (QED) is 0.618. The van der Waals surface area contributed by atoms with Crippen LogP contribution in [0.2, 0.25) is 0 Å². The molecule has 1 aromatic rings. The molecule has 0 aliphatic carbocycles. The second-order valence-corrected chi connectivity index (χ2v) is 4.12. The summed E-state index contributed by atoms with van der Waals surface area (Å²) in [6.45, 7) is 10.5. The minimum Gasteiger partial charge on any atom is -0.0961 e. The molecule has 1 atom stereocenters. The molecular formula is C15H20. The highest BCUT2D eigenvalue weighted by Crippen LogP contribution is 2.26. The van der Waals surface area contributed by atoms with Gasteiger partial charge in [0.25, 0.3) is 0 Å². The van der Waals surface area contributed by atoms with Crippen LogP contribution >= 0.6 is 0 Å². The highest BCUT2D eigenvalue weighted by Gasteiger charge is 2.08. The van der Waals surface area contributed by atoms with Gasteiger partial charge in [0.2, 0.25) is 0 Å². The second kappa shape index (κ2) is 5.55. The van der Waals surface area contributed by atoms with Gasteiger partial charge in [-0.2, -0.15) is 0 Å². The molecule has 0 radical (unpaired) electrons. The van der Waals surface area contributed by atoms with E-state index in [2.05, 4.69) is 56.8 Å². The average molecular weight is 200 g/mol. The van der Waals surface area contributed by atoms with Crippen molar-refractivity contribution in [1.82, 2.24) is 0 Å². The van der Waals surface area contributed by atoms with E-state index in [9.17, 15) is 0 Å². The molecule has 0 saturated carbocycles. The first-order valence-corrected chi connectivity index (χ1v) is 5.57. The number of allylic oxidation sites excluding steroid dienone is 3. The third-order valence-corrected chi connectivity index (χ3v) is 2.65. The van der Waals surface area contributed by atoms with E-state index in [1.165, 1.54) is 11.1 Å². The van der Waals surface area contributed by atoms with E-state index >= 15 is 0 Å². The van der Waals surface area contributed by atoms with Crippen LogP contribution in [-0.4, -0.2) is 0 Å². The van der Waals surface area contributed by atoms with Crippen molar-refractivity contribution in [2.45, 2.75) is 27.2 Å². The zero-order chi connectivity index (χ0) is 11.3. The van der Waals surface area contributed by atoms with Crippen LogP contribution in [0.5, 0.6) is 0 Å². The zero-order valence-corrected chi connectivity index (χ0v) is 9.96. The van der Waals surface area contributed by atoms with Crippen molar-refractivity contribution in [3.05, 3.63) is 54.1 Å². The summed E-state index contributed by atoms with van der Waals surface area (Å²) >= 11 is 0. The average Bonchev–Trinajstić information content (AvgIpc) is 2.26. The van der Waals surface area contributed by atoms with Gasteiger partial charge in [0.05, 0.1) is 0 Å². The molecule has 0 fully saturated rings. The summed E-state index contributed by atoms with van der Waals surface area (Å²) < 4.78 is 0. The molecule has 0 aromatic heterocycles. The van der Waals surface area contributed by atoms with Gasteiger partial charge in [-0.25, -0.2) is 0 Å². The lowest BCUT2D eigenvalue weighted by molar-refractivity contribution is 0.717. The fourth-order valence-corrected chi connectivity index (χ4v) is 1.63. The lowest BCUT2D eigenvalue weighted by atomic mass is 9.90. The second-order valence-electron chi connectivity index (χ2n) is 4.12. The molecule has 0 amide bonds. The van der Waals surface area contributed by atoms with Gasteiger partial charge in [-0.15, -0.1) is 0 Å². The molecule has 0 aliphatic rings. The normalized spacial score (nSPS) is 13.7. The van der Waals surface area contributed by atoms with E-state index in [0.29, 0.717) is 5.92 Å². The van der Waals surface area contributed by atoms with Crippen LogP contribution < -0.4 is 0 Å². The van der Waals surface area contributed by atoms with Crippen LogP contribution in [0.3, 0.4) is 0 Å². The fourth-order valence-electron chi connectivity index (χ4n) is 1.63. The molecule has 0 saturated heterocycles. The predicted molar refractivity (Wildman–Crippen MR) is 68.7 cm³/mol. The van der Waals surface area contributed by atoms with Crippen molar-refractivity contribution in [1.29, 1.82) is 0 Å². The van der Waals surface area contributed by atoms with Crippen molar-refractivity contribution < 1.29 is 0 Å². The highest BCUT2D eigenvalue weighted by molar-refractivity contribution is 5.69. The lowest BCUT2D eigenvalue weighted by Crippen LogP contribution is -1.97. The van der Waals surface area contributed by atoms with Crippen molar-refractivity contribution in [3.63, 3.8) is 0 Å². The van der Waals surface area contributed by atoms with E-state index in [1.54, 1.807) is 0 Å². The van der Waals surface area contributed by atoms with Crippen LogP contribution in [-0.2, 0) is 0 Å². The molecule has 0 bridgehead atoms. The van der Waals surface area contributed by atoms with Gasteiger partial charge >= 0.3 is 0 Å². The van der Waals surface area contributed by atoms with Crippen LogP contribution in [0.1, 0.15) is 32.8 Å². The SMILES string of the molecule is C=C(C)/C=C(/c1ccccc1)C(C)CC. The summed E-state index contributed by atoms with van der Waals surface area (Å²) in [5.41, 5.74) is 3.83. The molecule has 0 nitrogen and oxygen atoms in total. The summed E-state index contributed by atoms with van der Waals surface area (Å²) in [7, 11) is 0. The van der Waals surface area contributed by atoms with Crippen LogP contribution in [0.25, 0.3) is 5.57 Å². The molecule has 0 N–H and O–H groups in total. The van der Waals surface area contributed by atoms with E-state index in [0.717, 1.165) is 12.0 Å². The molecule has 0 heteroatoms. The summed E-state index contributed by atoms with van der Waals surface area (Å²) in [6.07, 6.45) is 3.36. The Morgan fingerprint density at radius 2 is 1.93 bits per heavy atom. The first-order valence-electron chi connectivity index (χ1n) is 5.57. The third-order valence-electron chi connectivity index (χ3n) is 2.65. The van der Waals surface area contributed by atoms with E-state index < -0.39 is 0 Å². The van der Waals surface area contributed by atoms with Crippen LogP contribution in [0.15, 0.2) is 48.6 Å². The highest BCUT2D eigenvalue weighted by atomic mass is 14.1. The Morgan fingerprint density at radius 1 is 1.33 bits per heavy atom. The van der Waals surface area contributed by atoms with Gasteiger partial charge in [0, 0.05) is 0 Å². The van der Waals surface area contributed by atoms with Crippen LogP contribution in [0, 0.1) is 5.92 Å². The minimum atomic E-state index is 0.587. The molecule has 1 aromatic carbocycles. The predicted octanol–water partition coefficient (Wildman–Crippen LogP) is 4.69. The van der Waals surface area contributed by atoms with E-state index in [4.69, 9.17) is 0 Å². The maximum atomic E-state index is 3.96. The molecular weight excluding hydrogens is 180 g/mol.